The molecule has 0 spiro atoms. The van der Waals surface area contributed by atoms with E-state index in [0.717, 1.165) is 5.69 Å². The molecule has 1 aromatic heterocycles. The van der Waals surface area contributed by atoms with Gasteiger partial charge in [0.25, 0.3) is 0 Å². The van der Waals surface area contributed by atoms with E-state index in [9.17, 15) is 9.18 Å². The molecule has 24 heavy (non-hydrogen) atoms. The van der Waals surface area contributed by atoms with Crippen LogP contribution in [0.1, 0.15) is 31.9 Å². The van der Waals surface area contributed by atoms with Gasteiger partial charge in [0.2, 0.25) is 5.91 Å². The predicted octanol–water partition coefficient (Wildman–Crippen LogP) is 1.26. The molecule has 3 rings (SSSR count). The Hall–Kier alpha value is -1.47. The van der Waals surface area contributed by atoms with E-state index >= 15 is 0 Å². The van der Waals surface area contributed by atoms with E-state index in [1.54, 1.807) is 17.8 Å². The summed E-state index contributed by atoms with van der Waals surface area (Å²) in [6, 6.07) is 1.95. The van der Waals surface area contributed by atoms with Crippen LogP contribution in [0.2, 0.25) is 0 Å². The van der Waals surface area contributed by atoms with Gasteiger partial charge in [0.15, 0.2) is 0 Å². The number of hydrogen-bond donors (Lipinski definition) is 1. The van der Waals surface area contributed by atoms with Gasteiger partial charge in [0.05, 0.1) is 12.3 Å². The molecule has 1 aliphatic heterocycles. The van der Waals surface area contributed by atoms with E-state index < -0.39 is 12.3 Å². The van der Waals surface area contributed by atoms with Crippen LogP contribution in [0.25, 0.3) is 0 Å². The Labute approximate surface area is 142 Å². The third-order valence-electron chi connectivity index (χ3n) is 4.92. The zero-order valence-electron chi connectivity index (χ0n) is 14.4. The van der Waals surface area contributed by atoms with E-state index in [0.29, 0.717) is 38.6 Å². The second-order valence-corrected chi connectivity index (χ2v) is 7.03. The lowest BCUT2D eigenvalue weighted by Crippen LogP contribution is -2.43. The molecule has 1 aromatic rings. The van der Waals surface area contributed by atoms with Crippen LogP contribution in [0, 0.1) is 5.92 Å². The third-order valence-corrected chi connectivity index (χ3v) is 4.92. The highest BCUT2D eigenvalue weighted by Crippen LogP contribution is 2.29. The maximum atomic E-state index is 13.9. The Bertz CT molecular complexity index is 561. The van der Waals surface area contributed by atoms with Crippen molar-refractivity contribution in [3.8, 4) is 0 Å². The van der Waals surface area contributed by atoms with Crippen molar-refractivity contribution in [2.24, 2.45) is 13.0 Å². The van der Waals surface area contributed by atoms with E-state index in [-0.39, 0.29) is 11.9 Å². The van der Waals surface area contributed by atoms with Crippen molar-refractivity contribution in [1.29, 1.82) is 0 Å². The molecule has 0 aromatic carbocycles. The summed E-state index contributed by atoms with van der Waals surface area (Å²) in [7, 11) is 1.88. The smallest absolute Gasteiger partial charge is 0.248 e. The lowest BCUT2D eigenvalue weighted by atomic mass is 10.2. The number of carbonyl (C=O) groups excluding carboxylic acids is 1. The zero-order chi connectivity index (χ0) is 17.1. The summed E-state index contributed by atoms with van der Waals surface area (Å²) in [6.07, 6.45) is 3.32. The van der Waals surface area contributed by atoms with Crippen LogP contribution in [0.5, 0.6) is 0 Å². The molecule has 0 radical (unpaired) electrons. The summed E-state index contributed by atoms with van der Waals surface area (Å²) in [5, 5.41) is 7.07. The highest BCUT2D eigenvalue weighted by molar-refractivity contribution is 5.80. The van der Waals surface area contributed by atoms with E-state index in [4.69, 9.17) is 4.74 Å². The Morgan fingerprint density at radius 3 is 3.00 bits per heavy atom. The highest BCUT2D eigenvalue weighted by Gasteiger charge is 2.33. The van der Waals surface area contributed by atoms with Crippen molar-refractivity contribution >= 4 is 5.91 Å². The van der Waals surface area contributed by atoms with Gasteiger partial charge < -0.3 is 10.1 Å². The number of alkyl halides is 1. The molecule has 1 saturated carbocycles. The van der Waals surface area contributed by atoms with Crippen molar-refractivity contribution < 1.29 is 13.9 Å². The number of ether oxygens (including phenoxy) is 1. The average molecular weight is 338 g/mol. The number of carbonyl (C=O) groups is 1. The lowest BCUT2D eigenvalue weighted by molar-refractivity contribution is -0.132. The molecule has 1 amide bonds. The topological polar surface area (TPSA) is 59.4 Å². The van der Waals surface area contributed by atoms with Gasteiger partial charge in [-0.1, -0.05) is 0 Å². The summed E-state index contributed by atoms with van der Waals surface area (Å²) < 4.78 is 21.2. The van der Waals surface area contributed by atoms with Crippen molar-refractivity contribution in [1.82, 2.24) is 20.0 Å². The van der Waals surface area contributed by atoms with Gasteiger partial charge in [-0.2, -0.15) is 5.10 Å². The molecule has 1 saturated heterocycles. The van der Waals surface area contributed by atoms with Gasteiger partial charge in [0, 0.05) is 38.9 Å². The minimum Gasteiger partial charge on any atom is -0.368 e. The first-order valence-corrected chi connectivity index (χ1v) is 8.77. The minimum atomic E-state index is -0.844. The number of halogens is 1. The van der Waals surface area contributed by atoms with Crippen LogP contribution in [-0.2, 0) is 23.1 Å². The van der Waals surface area contributed by atoms with Crippen LogP contribution < -0.4 is 5.32 Å². The normalized spacial score (nSPS) is 25.8. The fraction of sp³-hybridized carbons (Fsp3) is 0.765. The van der Waals surface area contributed by atoms with Gasteiger partial charge in [-0.05, 0) is 38.2 Å². The van der Waals surface area contributed by atoms with Crippen molar-refractivity contribution in [2.45, 2.75) is 51.0 Å². The molecular formula is C17H27FN4O2. The maximum absolute atomic E-state index is 13.9. The summed E-state index contributed by atoms with van der Waals surface area (Å²) in [4.78, 5) is 14.2. The van der Waals surface area contributed by atoms with Crippen molar-refractivity contribution in [3.05, 3.63) is 18.0 Å². The Balaban J connectivity index is 1.46. The first-order valence-electron chi connectivity index (χ1n) is 8.77. The quantitative estimate of drug-likeness (QED) is 0.775. The van der Waals surface area contributed by atoms with E-state index in [1.807, 2.05) is 13.1 Å². The van der Waals surface area contributed by atoms with Crippen LogP contribution in [-0.4, -0.2) is 58.6 Å². The fourth-order valence-electron chi connectivity index (χ4n) is 3.10. The fourth-order valence-corrected chi connectivity index (χ4v) is 3.10. The summed E-state index contributed by atoms with van der Waals surface area (Å²) in [6.45, 7) is 3.94. The standard InChI is InChI=1S/C17H27FN4O2/c1-12(24-11-13-3-4-13)17(23)19-8-16-7-14(18)9-22(16)10-15-5-6-20-21(15)2/h5-6,12-14,16H,3-4,7-11H2,1-2H3,(H,19,23)/t12-,14-,16-/m0/s1. The highest BCUT2D eigenvalue weighted by atomic mass is 19.1. The lowest BCUT2D eigenvalue weighted by Gasteiger charge is -2.24. The third kappa shape index (κ3) is 4.54. The zero-order valence-corrected chi connectivity index (χ0v) is 14.4. The number of aryl methyl sites for hydroxylation is 1. The molecular weight excluding hydrogens is 311 g/mol. The number of amides is 1. The first-order chi connectivity index (χ1) is 11.5. The van der Waals surface area contributed by atoms with Gasteiger partial charge in [-0.3, -0.25) is 14.4 Å². The summed E-state index contributed by atoms with van der Waals surface area (Å²) in [5.41, 5.74) is 1.04. The number of aromatic nitrogens is 2. The molecule has 0 bridgehead atoms. The summed E-state index contributed by atoms with van der Waals surface area (Å²) >= 11 is 0. The van der Waals surface area contributed by atoms with Crippen molar-refractivity contribution in [2.75, 3.05) is 19.7 Å². The van der Waals surface area contributed by atoms with Crippen LogP contribution in [0.15, 0.2) is 12.3 Å². The Morgan fingerprint density at radius 1 is 1.54 bits per heavy atom. The molecule has 2 fully saturated rings. The number of rotatable bonds is 8. The molecule has 2 heterocycles. The van der Waals surface area contributed by atoms with E-state index in [1.165, 1.54) is 12.8 Å². The predicted molar refractivity (Wildman–Crippen MR) is 88.1 cm³/mol. The molecule has 3 atom stereocenters. The molecule has 2 aliphatic rings. The van der Waals surface area contributed by atoms with E-state index in [2.05, 4.69) is 15.3 Å². The van der Waals surface area contributed by atoms with Crippen LogP contribution in [0.3, 0.4) is 0 Å². The Morgan fingerprint density at radius 2 is 2.33 bits per heavy atom. The average Bonchev–Trinajstić information content (AvgIpc) is 3.21. The SMILES string of the molecule is C[C@H](OCC1CC1)C(=O)NC[C@@H]1C[C@H](F)CN1Cc1ccnn1C. The maximum Gasteiger partial charge on any atom is 0.248 e. The van der Waals surface area contributed by atoms with Crippen molar-refractivity contribution in [3.63, 3.8) is 0 Å². The minimum absolute atomic E-state index is 0.00878. The van der Waals surface area contributed by atoms with Gasteiger partial charge in [0.1, 0.15) is 12.3 Å². The monoisotopic (exact) mass is 338 g/mol. The molecule has 6 nitrogen and oxygen atoms in total. The number of nitrogens with zero attached hydrogens (tertiary/aromatic N) is 3. The van der Waals surface area contributed by atoms with Crippen LogP contribution in [0.4, 0.5) is 4.39 Å². The first kappa shape index (κ1) is 17.4. The van der Waals surface area contributed by atoms with Gasteiger partial charge in [-0.25, -0.2) is 4.39 Å². The molecule has 0 unspecified atom stereocenters. The molecule has 7 heteroatoms. The van der Waals surface area contributed by atoms with Crippen LogP contribution >= 0.6 is 0 Å². The number of likely N-dealkylation sites (tertiary alicyclic amines) is 1. The summed E-state index contributed by atoms with van der Waals surface area (Å²) in [5.74, 6) is 0.523. The van der Waals surface area contributed by atoms with Gasteiger partial charge >= 0.3 is 0 Å². The second-order valence-electron chi connectivity index (χ2n) is 7.03. The second kappa shape index (κ2) is 7.61. The number of hydrogen-bond acceptors (Lipinski definition) is 4. The van der Waals surface area contributed by atoms with Gasteiger partial charge in [-0.15, -0.1) is 0 Å². The Kier molecular flexibility index (Phi) is 5.50. The largest absolute Gasteiger partial charge is 0.368 e. The number of nitrogens with one attached hydrogen (secondary N) is 1. The molecule has 1 N–H and O–H groups in total. The molecule has 1 aliphatic carbocycles. The molecule has 134 valence electrons.